The van der Waals surface area contributed by atoms with Crippen molar-refractivity contribution >= 4 is 21.6 Å². The minimum Gasteiger partial charge on any atom is -0.406 e. The zero-order chi connectivity index (χ0) is 21.7. The van der Waals surface area contributed by atoms with Crippen molar-refractivity contribution in [3.8, 4) is 5.75 Å². The van der Waals surface area contributed by atoms with E-state index >= 15 is 0 Å². The molecule has 0 saturated carbocycles. The first-order chi connectivity index (χ1) is 13.4. The molecule has 3 nitrogen and oxygen atoms in total. The lowest BCUT2D eigenvalue weighted by molar-refractivity contribution is -0.274. The van der Waals surface area contributed by atoms with Gasteiger partial charge in [-0.25, -0.2) is 0 Å². The molecule has 29 heavy (non-hydrogen) atoms. The summed E-state index contributed by atoms with van der Waals surface area (Å²) in [5, 5.41) is 9.17. The third kappa shape index (κ3) is 8.14. The predicted molar refractivity (Wildman–Crippen MR) is 99.6 cm³/mol. The fraction of sp³-hybridized carbons (Fsp3) is 0.368. The first kappa shape index (κ1) is 23.3. The molecular formula is C19H18BrF6NO2. The van der Waals surface area contributed by atoms with Crippen molar-refractivity contribution in [1.29, 1.82) is 0 Å². The van der Waals surface area contributed by atoms with Gasteiger partial charge in [0.25, 0.3) is 0 Å². The van der Waals surface area contributed by atoms with Gasteiger partial charge in [0.2, 0.25) is 0 Å². The summed E-state index contributed by atoms with van der Waals surface area (Å²) in [6.07, 6.45) is -12.4. The summed E-state index contributed by atoms with van der Waals surface area (Å²) in [6, 6.07) is 12.4. The highest BCUT2D eigenvalue weighted by Gasteiger charge is 2.37. The number of halogens is 7. The summed E-state index contributed by atoms with van der Waals surface area (Å²) in [5.74, 6) is -0.378. The van der Waals surface area contributed by atoms with Crippen LogP contribution in [0.3, 0.4) is 0 Å². The van der Waals surface area contributed by atoms with Gasteiger partial charge in [0, 0.05) is 23.2 Å². The number of ether oxygens (including phenoxy) is 1. The third-order valence-electron chi connectivity index (χ3n) is 3.96. The van der Waals surface area contributed by atoms with E-state index in [1.165, 1.54) is 18.2 Å². The maximum Gasteiger partial charge on any atom is 0.573 e. The van der Waals surface area contributed by atoms with Gasteiger partial charge in [0.15, 0.2) is 0 Å². The van der Waals surface area contributed by atoms with Crippen molar-refractivity contribution in [3.63, 3.8) is 0 Å². The van der Waals surface area contributed by atoms with E-state index in [1.54, 1.807) is 35.2 Å². The first-order valence-corrected chi connectivity index (χ1v) is 9.33. The molecule has 1 atom stereocenters. The first-order valence-electron chi connectivity index (χ1n) is 8.54. The Morgan fingerprint density at radius 1 is 1.00 bits per heavy atom. The van der Waals surface area contributed by atoms with Crippen molar-refractivity contribution in [2.75, 3.05) is 11.4 Å². The van der Waals surface area contributed by atoms with Crippen molar-refractivity contribution in [3.05, 3.63) is 58.6 Å². The van der Waals surface area contributed by atoms with E-state index in [2.05, 4.69) is 20.7 Å². The zero-order valence-electron chi connectivity index (χ0n) is 15.0. The van der Waals surface area contributed by atoms with Gasteiger partial charge in [0.1, 0.15) is 11.9 Å². The van der Waals surface area contributed by atoms with Crippen LogP contribution < -0.4 is 9.64 Å². The Bertz CT molecular complexity index is 797. The summed E-state index contributed by atoms with van der Waals surface area (Å²) >= 11 is 3.32. The van der Waals surface area contributed by atoms with Crippen LogP contribution in [0.2, 0.25) is 0 Å². The molecule has 160 valence electrons. The number of anilines is 1. The van der Waals surface area contributed by atoms with Crippen LogP contribution in [-0.4, -0.2) is 30.3 Å². The van der Waals surface area contributed by atoms with E-state index in [0.29, 0.717) is 11.3 Å². The third-order valence-corrected chi connectivity index (χ3v) is 4.46. The molecule has 0 aliphatic carbocycles. The summed E-state index contributed by atoms with van der Waals surface area (Å²) in [6.45, 7) is 0.307. The molecule has 0 aromatic heterocycles. The van der Waals surface area contributed by atoms with Crippen LogP contribution >= 0.6 is 15.9 Å². The Morgan fingerprint density at radius 3 is 2.31 bits per heavy atom. The molecule has 0 aliphatic rings. The minimum atomic E-state index is -4.82. The Labute approximate surface area is 172 Å². The molecule has 2 aromatic carbocycles. The maximum atomic E-state index is 12.5. The second-order valence-electron chi connectivity index (χ2n) is 6.30. The second-order valence-corrected chi connectivity index (χ2v) is 7.21. The van der Waals surface area contributed by atoms with Crippen LogP contribution in [0.25, 0.3) is 0 Å². The highest BCUT2D eigenvalue weighted by molar-refractivity contribution is 9.10. The van der Waals surface area contributed by atoms with E-state index in [1.807, 2.05) is 0 Å². The van der Waals surface area contributed by atoms with Crippen LogP contribution in [0.4, 0.5) is 32.0 Å². The molecule has 1 unspecified atom stereocenters. The molecule has 2 rings (SSSR count). The predicted octanol–water partition coefficient (Wildman–Crippen LogP) is 6.06. The lowest BCUT2D eigenvalue weighted by Crippen LogP contribution is -2.30. The van der Waals surface area contributed by atoms with Crippen LogP contribution in [0.15, 0.2) is 53.0 Å². The van der Waals surface area contributed by atoms with Gasteiger partial charge in [0.05, 0.1) is 0 Å². The Morgan fingerprint density at radius 2 is 1.69 bits per heavy atom. The van der Waals surface area contributed by atoms with Gasteiger partial charge < -0.3 is 14.7 Å². The van der Waals surface area contributed by atoms with Crippen LogP contribution in [0.5, 0.6) is 5.75 Å². The average molecular weight is 486 g/mol. The lowest BCUT2D eigenvalue weighted by Gasteiger charge is -2.26. The van der Waals surface area contributed by atoms with E-state index in [0.717, 1.165) is 4.47 Å². The molecule has 0 fully saturated rings. The smallest absolute Gasteiger partial charge is 0.406 e. The number of benzene rings is 2. The van der Waals surface area contributed by atoms with E-state index in [4.69, 9.17) is 0 Å². The second kappa shape index (κ2) is 9.71. The van der Waals surface area contributed by atoms with Crippen LogP contribution in [0, 0.1) is 0 Å². The summed E-state index contributed by atoms with van der Waals surface area (Å²) in [4.78, 5) is 1.72. The topological polar surface area (TPSA) is 32.7 Å². The molecule has 0 saturated heterocycles. The molecule has 0 spiro atoms. The minimum absolute atomic E-state index is 0.0337. The largest absolute Gasteiger partial charge is 0.573 e. The van der Waals surface area contributed by atoms with Gasteiger partial charge in [-0.15, -0.1) is 13.2 Å². The van der Waals surface area contributed by atoms with Crippen LogP contribution in [-0.2, 0) is 6.54 Å². The van der Waals surface area contributed by atoms with Gasteiger partial charge in [-0.1, -0.05) is 34.1 Å². The Hall–Kier alpha value is -1.94. The van der Waals surface area contributed by atoms with Crippen molar-refractivity contribution in [1.82, 2.24) is 0 Å². The zero-order valence-corrected chi connectivity index (χ0v) is 16.6. The lowest BCUT2D eigenvalue weighted by atomic mass is 10.1. The summed E-state index contributed by atoms with van der Waals surface area (Å²) < 4.78 is 79.4. The maximum absolute atomic E-state index is 12.5. The Kier molecular flexibility index (Phi) is 7.81. The Balaban J connectivity index is 2.15. The number of rotatable bonds is 8. The standard InChI is InChI=1S/C19H18BrF6NO2/c20-14-5-2-6-15(11-14)27(9-3-8-17(28)18(21,22)23)12-13-4-1-7-16(10-13)29-19(24,25)26/h1-2,4-7,10-11,17,28H,3,8-9,12H2. The molecule has 10 heteroatoms. The number of hydrogen-bond acceptors (Lipinski definition) is 3. The summed E-state index contributed by atoms with van der Waals surface area (Å²) in [5.41, 5.74) is 1.16. The van der Waals surface area contributed by atoms with Gasteiger partial charge in [-0.3, -0.25) is 0 Å². The molecule has 1 N–H and O–H groups in total. The number of hydrogen-bond donors (Lipinski definition) is 1. The summed E-state index contributed by atoms with van der Waals surface area (Å²) in [7, 11) is 0. The number of nitrogens with zero attached hydrogens (tertiary/aromatic N) is 1. The van der Waals surface area contributed by atoms with E-state index in [9.17, 15) is 31.4 Å². The van der Waals surface area contributed by atoms with Gasteiger partial charge in [-0.2, -0.15) is 13.2 Å². The molecule has 0 amide bonds. The van der Waals surface area contributed by atoms with Crippen molar-refractivity contribution < 1.29 is 36.2 Å². The molecule has 0 aliphatic heterocycles. The number of aliphatic hydroxyl groups excluding tert-OH is 1. The quantitative estimate of drug-likeness (QED) is 0.461. The average Bonchev–Trinajstić information content (AvgIpc) is 2.58. The molecule has 0 bridgehead atoms. The molecule has 0 heterocycles. The fourth-order valence-corrected chi connectivity index (χ4v) is 3.06. The van der Waals surface area contributed by atoms with E-state index < -0.39 is 25.1 Å². The highest BCUT2D eigenvalue weighted by Crippen LogP contribution is 2.27. The van der Waals surface area contributed by atoms with Crippen LogP contribution in [0.1, 0.15) is 18.4 Å². The number of alkyl halides is 6. The molecular weight excluding hydrogens is 468 g/mol. The number of aliphatic hydroxyl groups is 1. The van der Waals surface area contributed by atoms with Gasteiger partial charge >= 0.3 is 12.5 Å². The SMILES string of the molecule is OC(CCCN(Cc1cccc(OC(F)(F)F)c1)c1cccc(Br)c1)C(F)(F)F. The van der Waals surface area contributed by atoms with E-state index in [-0.39, 0.29) is 25.3 Å². The normalized spacial score (nSPS) is 13.2. The van der Waals surface area contributed by atoms with Crippen molar-refractivity contribution in [2.24, 2.45) is 0 Å². The molecule has 2 aromatic rings. The monoisotopic (exact) mass is 485 g/mol. The van der Waals surface area contributed by atoms with Gasteiger partial charge in [-0.05, 0) is 48.7 Å². The van der Waals surface area contributed by atoms with Crippen molar-refractivity contribution in [2.45, 2.75) is 38.0 Å². The molecule has 0 radical (unpaired) electrons. The highest BCUT2D eigenvalue weighted by atomic mass is 79.9. The fourth-order valence-electron chi connectivity index (χ4n) is 2.67.